The summed E-state index contributed by atoms with van der Waals surface area (Å²) in [6, 6.07) is 6.22. The Morgan fingerprint density at radius 3 is 2.49 bits per heavy atom. The van der Waals surface area contributed by atoms with E-state index in [0.717, 1.165) is 22.3 Å². The van der Waals surface area contributed by atoms with Crippen LogP contribution in [0.1, 0.15) is 47.2 Å². The molecule has 0 unspecified atom stereocenters. The topological polar surface area (TPSA) is 163 Å². The standard InChI is InChI=1S/C30H30BrN7O5/c1-15-5-6-23(31)34-27(15)35-28(42)22-9-29(14-39)13-30(29,43)38(22)24(41)12-37-26-16(2)7-19(20-10-32-18(4)33-11-20)8-21(26)25(36-37)17(3)40/h5-8,10-11,22,39,43H,9,12-14H2,1-4H3,(H,34,35,42)/t22-,29-,30-/m0/s1. The Bertz CT molecular complexity index is 1820. The fraction of sp³-hybridized carbons (Fsp3) is 0.367. The summed E-state index contributed by atoms with van der Waals surface area (Å²) in [6.45, 7) is 6.14. The Kier molecular flexibility index (Phi) is 6.94. The average molecular weight is 649 g/mol. The summed E-state index contributed by atoms with van der Waals surface area (Å²) in [5.41, 5.74) is 1.16. The second kappa shape index (κ2) is 10.3. The molecule has 1 aliphatic heterocycles. The Labute approximate surface area is 255 Å². The molecule has 4 aromatic rings. The number of halogens is 1. The van der Waals surface area contributed by atoms with Gasteiger partial charge < -0.3 is 15.5 Å². The molecule has 3 N–H and O–H groups in total. The van der Waals surface area contributed by atoms with Crippen LogP contribution in [0.15, 0.2) is 41.3 Å². The fourth-order valence-electron chi connectivity index (χ4n) is 6.21. The molecule has 3 aromatic heterocycles. The summed E-state index contributed by atoms with van der Waals surface area (Å²) in [5.74, 6) is -0.400. The minimum atomic E-state index is -1.68. The van der Waals surface area contributed by atoms with Gasteiger partial charge in [-0.05, 0) is 78.0 Å². The Morgan fingerprint density at radius 2 is 1.81 bits per heavy atom. The van der Waals surface area contributed by atoms with Crippen molar-refractivity contribution in [1.82, 2.24) is 29.6 Å². The summed E-state index contributed by atoms with van der Waals surface area (Å²) < 4.78 is 1.97. The van der Waals surface area contributed by atoms with Crippen LogP contribution in [0.25, 0.3) is 22.0 Å². The smallest absolute Gasteiger partial charge is 0.248 e. The number of aryl methyl sites for hydroxylation is 3. The van der Waals surface area contributed by atoms with Gasteiger partial charge in [-0.25, -0.2) is 15.0 Å². The van der Waals surface area contributed by atoms with E-state index >= 15 is 0 Å². The van der Waals surface area contributed by atoms with E-state index in [1.54, 1.807) is 38.4 Å². The van der Waals surface area contributed by atoms with Crippen molar-refractivity contribution in [1.29, 1.82) is 0 Å². The number of nitrogens with one attached hydrogen (secondary N) is 1. The third-order valence-corrected chi connectivity index (χ3v) is 8.99. The first-order valence-electron chi connectivity index (χ1n) is 13.8. The maximum atomic E-state index is 14.0. The van der Waals surface area contributed by atoms with E-state index in [1.807, 2.05) is 19.1 Å². The molecule has 1 aromatic carbocycles. The third-order valence-electron chi connectivity index (χ3n) is 8.55. The van der Waals surface area contributed by atoms with Crippen LogP contribution < -0.4 is 5.32 Å². The number of piperidine rings is 1. The SMILES string of the molecule is CC(=O)c1nn(CC(=O)N2[C@H](C(=O)Nc3nc(Br)ccc3C)C[C@@]3(CO)C[C@@]23O)c2c(C)cc(-c3cnc(C)nc3)cc12. The van der Waals surface area contributed by atoms with E-state index < -0.39 is 29.0 Å². The Hall–Kier alpha value is -4.07. The highest BCUT2D eigenvalue weighted by molar-refractivity contribution is 9.10. The number of benzene rings is 1. The minimum Gasteiger partial charge on any atom is -0.396 e. The number of anilines is 1. The number of fused-ring (bicyclic) bond motifs is 2. The van der Waals surface area contributed by atoms with Crippen LogP contribution in [0.2, 0.25) is 0 Å². The largest absolute Gasteiger partial charge is 0.396 e. The average Bonchev–Trinajstić information content (AvgIpc) is 3.24. The van der Waals surface area contributed by atoms with Gasteiger partial charge in [-0.1, -0.05) is 6.07 Å². The second-order valence-corrected chi connectivity index (χ2v) is 12.3. The maximum absolute atomic E-state index is 14.0. The number of aromatic nitrogens is 5. The van der Waals surface area contributed by atoms with Crippen LogP contribution in [0.4, 0.5) is 5.82 Å². The van der Waals surface area contributed by atoms with Gasteiger partial charge in [0, 0.05) is 42.1 Å². The Balaban J connectivity index is 1.35. The molecule has 4 heterocycles. The van der Waals surface area contributed by atoms with Crippen LogP contribution in [-0.2, 0) is 16.1 Å². The molecule has 0 bridgehead atoms. The monoisotopic (exact) mass is 647 g/mol. The molecule has 222 valence electrons. The zero-order chi connectivity index (χ0) is 30.8. The molecule has 1 saturated heterocycles. The van der Waals surface area contributed by atoms with E-state index in [0.29, 0.717) is 27.1 Å². The van der Waals surface area contributed by atoms with Crippen molar-refractivity contribution in [3.8, 4) is 11.1 Å². The lowest BCUT2D eigenvalue weighted by Crippen LogP contribution is -2.51. The lowest BCUT2D eigenvalue weighted by atomic mass is 10.00. The number of aliphatic hydroxyl groups is 2. The van der Waals surface area contributed by atoms with E-state index in [9.17, 15) is 24.6 Å². The van der Waals surface area contributed by atoms with Gasteiger partial charge in [0.2, 0.25) is 11.8 Å². The molecule has 6 rings (SSSR count). The van der Waals surface area contributed by atoms with Gasteiger partial charge in [0.15, 0.2) is 5.78 Å². The maximum Gasteiger partial charge on any atom is 0.248 e. The number of Topliss-reactive ketones (excluding diaryl/α,β-unsaturated/α-hetero) is 1. The predicted octanol–water partition coefficient (Wildman–Crippen LogP) is 3.09. The quantitative estimate of drug-likeness (QED) is 0.202. The van der Waals surface area contributed by atoms with E-state index in [1.165, 1.54) is 16.5 Å². The van der Waals surface area contributed by atoms with Crippen LogP contribution in [0.5, 0.6) is 0 Å². The molecule has 43 heavy (non-hydrogen) atoms. The summed E-state index contributed by atoms with van der Waals surface area (Å²) >= 11 is 3.30. The number of ketones is 1. The van der Waals surface area contributed by atoms with Gasteiger partial charge in [-0.3, -0.25) is 24.0 Å². The number of carbonyl (C=O) groups excluding carboxylic acids is 3. The van der Waals surface area contributed by atoms with Crippen LogP contribution in [0, 0.1) is 26.2 Å². The number of nitrogens with zero attached hydrogens (tertiary/aromatic N) is 6. The summed E-state index contributed by atoms with van der Waals surface area (Å²) in [4.78, 5) is 54.2. The highest BCUT2D eigenvalue weighted by Crippen LogP contribution is 2.66. The van der Waals surface area contributed by atoms with Crippen LogP contribution >= 0.6 is 15.9 Å². The van der Waals surface area contributed by atoms with E-state index in [2.05, 4.69) is 41.3 Å². The van der Waals surface area contributed by atoms with Crippen LogP contribution in [-0.4, -0.2) is 75.8 Å². The zero-order valence-electron chi connectivity index (χ0n) is 24.1. The summed E-state index contributed by atoms with van der Waals surface area (Å²) in [5, 5.41) is 29.5. The van der Waals surface area contributed by atoms with Gasteiger partial charge in [-0.15, -0.1) is 0 Å². The minimum absolute atomic E-state index is 0.0875. The molecule has 0 radical (unpaired) electrons. The van der Waals surface area contributed by atoms with Crippen molar-refractivity contribution in [3.63, 3.8) is 0 Å². The number of amides is 2. The number of carbonyl (C=O) groups is 3. The van der Waals surface area contributed by atoms with Gasteiger partial charge in [0.1, 0.15) is 40.3 Å². The molecule has 0 spiro atoms. The van der Waals surface area contributed by atoms with E-state index in [4.69, 9.17) is 0 Å². The number of likely N-dealkylation sites (tertiary alicyclic amines) is 1. The third kappa shape index (κ3) is 4.71. The molecule has 2 aliphatic rings. The molecular formula is C30H30BrN7O5. The number of pyridine rings is 1. The molecular weight excluding hydrogens is 618 g/mol. The molecule has 12 nitrogen and oxygen atoms in total. The van der Waals surface area contributed by atoms with Crippen molar-refractivity contribution < 1.29 is 24.6 Å². The first-order valence-corrected chi connectivity index (χ1v) is 14.6. The number of hydrogen-bond donors (Lipinski definition) is 3. The van der Waals surface area contributed by atoms with Gasteiger partial charge in [0.25, 0.3) is 0 Å². The molecule has 2 fully saturated rings. The first kappa shape index (κ1) is 29.0. The van der Waals surface area contributed by atoms with Gasteiger partial charge >= 0.3 is 0 Å². The van der Waals surface area contributed by atoms with Crippen molar-refractivity contribution in [2.75, 3.05) is 11.9 Å². The lowest BCUT2D eigenvalue weighted by Gasteiger charge is -2.30. The predicted molar refractivity (Wildman–Crippen MR) is 160 cm³/mol. The van der Waals surface area contributed by atoms with E-state index in [-0.39, 0.29) is 37.5 Å². The van der Waals surface area contributed by atoms with Crippen molar-refractivity contribution >= 4 is 50.2 Å². The second-order valence-electron chi connectivity index (χ2n) is 11.5. The zero-order valence-corrected chi connectivity index (χ0v) is 25.6. The number of rotatable bonds is 7. The van der Waals surface area contributed by atoms with Crippen molar-refractivity contribution in [2.24, 2.45) is 5.41 Å². The van der Waals surface area contributed by atoms with Crippen molar-refractivity contribution in [3.05, 3.63) is 63.9 Å². The molecule has 3 atom stereocenters. The van der Waals surface area contributed by atoms with Crippen LogP contribution in [0.3, 0.4) is 0 Å². The molecule has 1 aliphatic carbocycles. The number of aliphatic hydroxyl groups excluding tert-OH is 1. The molecule has 2 amide bonds. The Morgan fingerprint density at radius 1 is 1.09 bits per heavy atom. The van der Waals surface area contributed by atoms with Gasteiger partial charge in [-0.2, -0.15) is 5.10 Å². The summed E-state index contributed by atoms with van der Waals surface area (Å²) in [6.07, 6.45) is 3.65. The van der Waals surface area contributed by atoms with Gasteiger partial charge in [0.05, 0.1) is 12.1 Å². The highest BCUT2D eigenvalue weighted by atomic mass is 79.9. The molecule has 13 heteroatoms. The number of hydrogen-bond acceptors (Lipinski definition) is 9. The first-order chi connectivity index (χ1) is 20.4. The lowest BCUT2D eigenvalue weighted by molar-refractivity contribution is -0.151. The fourth-order valence-corrected chi connectivity index (χ4v) is 6.52. The molecule has 1 saturated carbocycles. The summed E-state index contributed by atoms with van der Waals surface area (Å²) in [7, 11) is 0. The normalized spacial score (nSPS) is 22.5. The highest BCUT2D eigenvalue weighted by Gasteiger charge is 2.78. The van der Waals surface area contributed by atoms with Crippen molar-refractivity contribution in [2.45, 2.75) is 58.8 Å².